The van der Waals surface area contributed by atoms with Gasteiger partial charge in [0.2, 0.25) is 5.91 Å². The van der Waals surface area contributed by atoms with Crippen molar-refractivity contribution in [3.05, 3.63) is 59.2 Å². The molecule has 0 bridgehead atoms. The molecule has 154 valence electrons. The van der Waals surface area contributed by atoms with Crippen molar-refractivity contribution in [2.45, 2.75) is 19.8 Å². The predicted octanol–water partition coefficient (Wildman–Crippen LogP) is 2.93. The molecule has 1 heterocycles. The molecule has 0 saturated carbocycles. The third-order valence-corrected chi connectivity index (χ3v) is 5.31. The summed E-state index contributed by atoms with van der Waals surface area (Å²) in [5.74, 6) is 1.18. The van der Waals surface area contributed by atoms with Crippen LogP contribution in [0.5, 0.6) is 11.5 Å². The van der Waals surface area contributed by atoms with Crippen molar-refractivity contribution >= 4 is 11.8 Å². The van der Waals surface area contributed by atoms with E-state index < -0.39 is 0 Å². The number of ether oxygens (including phenoxy) is 2. The van der Waals surface area contributed by atoms with Gasteiger partial charge in [-0.1, -0.05) is 29.8 Å². The number of benzene rings is 2. The van der Waals surface area contributed by atoms with Crippen LogP contribution in [-0.2, 0) is 11.2 Å². The third kappa shape index (κ3) is 5.08. The van der Waals surface area contributed by atoms with Crippen LogP contribution in [0.2, 0.25) is 0 Å². The normalized spacial score (nSPS) is 13.9. The third-order valence-electron chi connectivity index (χ3n) is 5.31. The van der Waals surface area contributed by atoms with Gasteiger partial charge in [0, 0.05) is 38.7 Å². The van der Waals surface area contributed by atoms with E-state index in [9.17, 15) is 9.59 Å². The van der Waals surface area contributed by atoms with Gasteiger partial charge in [0.15, 0.2) is 0 Å². The number of carbonyl (C=O) groups is 2. The zero-order valence-corrected chi connectivity index (χ0v) is 17.3. The number of amides is 2. The van der Waals surface area contributed by atoms with Crippen molar-refractivity contribution in [2.75, 3.05) is 40.4 Å². The fourth-order valence-electron chi connectivity index (χ4n) is 3.47. The minimum absolute atomic E-state index is 0.0868. The summed E-state index contributed by atoms with van der Waals surface area (Å²) in [7, 11) is 3.11. The SMILES string of the molecule is COc1ccc(C(=O)N2CCN(C(=O)CCc3ccc(C)cc3)CC2)c(OC)c1. The number of piperazine rings is 1. The molecule has 1 saturated heterocycles. The lowest BCUT2D eigenvalue weighted by atomic mass is 10.1. The lowest BCUT2D eigenvalue weighted by Gasteiger charge is -2.35. The van der Waals surface area contributed by atoms with Crippen LogP contribution in [0, 0.1) is 6.92 Å². The van der Waals surface area contributed by atoms with Gasteiger partial charge in [-0.2, -0.15) is 0 Å². The maximum Gasteiger partial charge on any atom is 0.257 e. The number of hydrogen-bond donors (Lipinski definition) is 0. The van der Waals surface area contributed by atoms with Crippen molar-refractivity contribution in [3.63, 3.8) is 0 Å². The van der Waals surface area contributed by atoms with E-state index in [1.54, 1.807) is 30.2 Å². The van der Waals surface area contributed by atoms with Gasteiger partial charge in [0.05, 0.1) is 19.8 Å². The largest absolute Gasteiger partial charge is 0.497 e. The average molecular weight is 396 g/mol. The van der Waals surface area contributed by atoms with Crippen LogP contribution in [0.1, 0.15) is 27.9 Å². The fraction of sp³-hybridized carbons (Fsp3) is 0.391. The van der Waals surface area contributed by atoms with Gasteiger partial charge in [-0.05, 0) is 31.0 Å². The molecule has 0 atom stereocenters. The molecule has 6 heteroatoms. The summed E-state index contributed by atoms with van der Waals surface area (Å²) in [5.41, 5.74) is 2.89. The van der Waals surface area contributed by atoms with E-state index in [2.05, 4.69) is 31.2 Å². The van der Waals surface area contributed by atoms with Crippen molar-refractivity contribution in [1.29, 1.82) is 0 Å². The first-order valence-corrected chi connectivity index (χ1v) is 9.86. The molecule has 1 aliphatic heterocycles. The molecule has 1 fully saturated rings. The Morgan fingerprint density at radius 3 is 2.17 bits per heavy atom. The van der Waals surface area contributed by atoms with Gasteiger partial charge >= 0.3 is 0 Å². The Balaban J connectivity index is 1.53. The molecule has 0 aliphatic carbocycles. The number of methoxy groups -OCH3 is 2. The van der Waals surface area contributed by atoms with E-state index in [1.807, 2.05) is 4.90 Å². The predicted molar refractivity (Wildman–Crippen MR) is 112 cm³/mol. The number of rotatable bonds is 6. The molecule has 29 heavy (non-hydrogen) atoms. The highest BCUT2D eigenvalue weighted by molar-refractivity contribution is 5.97. The number of nitrogens with zero attached hydrogens (tertiary/aromatic N) is 2. The molecular formula is C23H28N2O4. The molecule has 1 aliphatic rings. The van der Waals surface area contributed by atoms with Crippen LogP contribution < -0.4 is 9.47 Å². The first-order valence-electron chi connectivity index (χ1n) is 9.86. The van der Waals surface area contributed by atoms with Crippen molar-refractivity contribution in [2.24, 2.45) is 0 Å². The van der Waals surface area contributed by atoms with E-state index in [4.69, 9.17) is 9.47 Å². The summed E-state index contributed by atoms with van der Waals surface area (Å²) in [6.45, 7) is 4.19. The van der Waals surface area contributed by atoms with Crippen molar-refractivity contribution in [1.82, 2.24) is 9.80 Å². The van der Waals surface area contributed by atoms with Crippen molar-refractivity contribution < 1.29 is 19.1 Å². The Morgan fingerprint density at radius 2 is 1.55 bits per heavy atom. The summed E-state index contributed by atoms with van der Waals surface area (Å²) >= 11 is 0. The minimum atomic E-state index is -0.0868. The summed E-state index contributed by atoms with van der Waals surface area (Å²) in [6, 6.07) is 13.5. The molecule has 2 aromatic rings. The van der Waals surface area contributed by atoms with Crippen LogP contribution in [0.4, 0.5) is 0 Å². The lowest BCUT2D eigenvalue weighted by Crippen LogP contribution is -2.50. The van der Waals surface area contributed by atoms with Gasteiger partial charge in [-0.3, -0.25) is 9.59 Å². The Morgan fingerprint density at radius 1 is 0.897 bits per heavy atom. The van der Waals surface area contributed by atoms with E-state index in [-0.39, 0.29) is 11.8 Å². The Labute approximate surface area is 172 Å². The second kappa shape index (κ2) is 9.45. The molecule has 3 rings (SSSR count). The molecule has 0 aromatic heterocycles. The minimum Gasteiger partial charge on any atom is -0.497 e. The highest BCUT2D eigenvalue weighted by Gasteiger charge is 2.26. The Hall–Kier alpha value is -3.02. The molecule has 0 radical (unpaired) electrons. The monoisotopic (exact) mass is 396 g/mol. The molecule has 6 nitrogen and oxygen atoms in total. The van der Waals surface area contributed by atoms with Crippen LogP contribution in [0.3, 0.4) is 0 Å². The maximum atomic E-state index is 12.9. The second-order valence-corrected chi connectivity index (χ2v) is 7.22. The Kier molecular flexibility index (Phi) is 6.75. The first kappa shape index (κ1) is 20.7. The molecule has 0 unspecified atom stereocenters. The van der Waals surface area contributed by atoms with Gasteiger partial charge in [0.1, 0.15) is 11.5 Å². The smallest absolute Gasteiger partial charge is 0.257 e. The zero-order chi connectivity index (χ0) is 20.8. The van der Waals surface area contributed by atoms with Gasteiger partial charge in [0.25, 0.3) is 5.91 Å². The number of carbonyl (C=O) groups excluding carboxylic acids is 2. The molecule has 0 spiro atoms. The summed E-state index contributed by atoms with van der Waals surface area (Å²) < 4.78 is 10.5. The molecule has 0 N–H and O–H groups in total. The van der Waals surface area contributed by atoms with Gasteiger partial charge in [-0.15, -0.1) is 0 Å². The molecule has 2 aromatic carbocycles. The van der Waals surface area contributed by atoms with Gasteiger partial charge < -0.3 is 19.3 Å². The number of hydrogen-bond acceptors (Lipinski definition) is 4. The van der Waals surface area contributed by atoms with Crippen LogP contribution >= 0.6 is 0 Å². The number of aryl methyl sites for hydroxylation is 2. The second-order valence-electron chi connectivity index (χ2n) is 7.22. The standard InChI is InChI=1S/C23H28N2O4/c1-17-4-6-18(7-5-17)8-11-22(26)24-12-14-25(15-13-24)23(27)20-10-9-19(28-2)16-21(20)29-3/h4-7,9-10,16H,8,11-15H2,1-3H3. The topological polar surface area (TPSA) is 59.1 Å². The van der Waals surface area contributed by atoms with E-state index in [0.29, 0.717) is 49.7 Å². The maximum absolute atomic E-state index is 12.9. The van der Waals surface area contributed by atoms with E-state index >= 15 is 0 Å². The van der Waals surface area contributed by atoms with E-state index in [0.717, 1.165) is 6.42 Å². The summed E-state index contributed by atoms with van der Waals surface area (Å²) in [5, 5.41) is 0. The van der Waals surface area contributed by atoms with Gasteiger partial charge in [-0.25, -0.2) is 0 Å². The van der Waals surface area contributed by atoms with Crippen molar-refractivity contribution in [3.8, 4) is 11.5 Å². The fourth-order valence-corrected chi connectivity index (χ4v) is 3.47. The average Bonchev–Trinajstić information content (AvgIpc) is 2.77. The lowest BCUT2D eigenvalue weighted by molar-refractivity contribution is -0.132. The zero-order valence-electron chi connectivity index (χ0n) is 17.3. The van der Waals surface area contributed by atoms with Crippen LogP contribution in [0.15, 0.2) is 42.5 Å². The molecule has 2 amide bonds. The van der Waals surface area contributed by atoms with Crippen LogP contribution in [0.25, 0.3) is 0 Å². The van der Waals surface area contributed by atoms with E-state index in [1.165, 1.54) is 18.2 Å². The quantitative estimate of drug-likeness (QED) is 0.753. The van der Waals surface area contributed by atoms with Crippen LogP contribution in [-0.4, -0.2) is 62.0 Å². The summed E-state index contributed by atoms with van der Waals surface area (Å²) in [4.78, 5) is 29.1. The highest BCUT2D eigenvalue weighted by atomic mass is 16.5. The Bertz CT molecular complexity index is 856. The molecular weight excluding hydrogens is 368 g/mol. The first-order chi connectivity index (χ1) is 14.0. The highest BCUT2D eigenvalue weighted by Crippen LogP contribution is 2.26. The summed E-state index contributed by atoms with van der Waals surface area (Å²) in [6.07, 6.45) is 1.23.